The molecule has 0 saturated heterocycles. The van der Waals surface area contributed by atoms with E-state index in [4.69, 9.17) is 14.5 Å². The van der Waals surface area contributed by atoms with Gasteiger partial charge in [0.1, 0.15) is 23.9 Å². The number of para-hydroxylation sites is 2. The largest absolute Gasteiger partial charge is 0.497 e. The number of methoxy groups -OCH3 is 1. The molecule has 1 aromatic heterocycles. The number of aromatic nitrogens is 2. The van der Waals surface area contributed by atoms with Crippen LogP contribution in [0.3, 0.4) is 0 Å². The summed E-state index contributed by atoms with van der Waals surface area (Å²) in [5, 5.41) is 0. The Balaban J connectivity index is 1.64. The number of nitrogens with zero attached hydrogens (tertiary/aromatic N) is 2. The minimum Gasteiger partial charge on any atom is -0.497 e. The van der Waals surface area contributed by atoms with E-state index in [2.05, 4.69) is 34.9 Å². The second-order valence-corrected chi connectivity index (χ2v) is 6.06. The predicted molar refractivity (Wildman–Crippen MR) is 103 cm³/mol. The standard InChI is InChI=1S/C22H20N2O2/c1-25-18-10-7-11-19(14-18)26-16-22-23-20-12-5-6-13-21(20)24(22)15-17-8-3-2-4-9-17/h2-14H,15-16H2,1H3. The van der Waals surface area contributed by atoms with Gasteiger partial charge in [0.2, 0.25) is 0 Å². The van der Waals surface area contributed by atoms with Crippen LogP contribution in [0.5, 0.6) is 11.5 Å². The highest BCUT2D eigenvalue weighted by molar-refractivity contribution is 5.76. The van der Waals surface area contributed by atoms with Crippen molar-refractivity contribution in [3.8, 4) is 11.5 Å². The fraction of sp³-hybridized carbons (Fsp3) is 0.136. The lowest BCUT2D eigenvalue weighted by Crippen LogP contribution is -2.08. The van der Waals surface area contributed by atoms with Gasteiger partial charge >= 0.3 is 0 Å². The summed E-state index contributed by atoms with van der Waals surface area (Å²) in [5.74, 6) is 2.45. The summed E-state index contributed by atoms with van der Waals surface area (Å²) < 4.78 is 13.4. The average molecular weight is 344 g/mol. The topological polar surface area (TPSA) is 36.3 Å². The van der Waals surface area contributed by atoms with Crippen molar-refractivity contribution in [1.29, 1.82) is 0 Å². The van der Waals surface area contributed by atoms with Crippen molar-refractivity contribution in [2.75, 3.05) is 7.11 Å². The van der Waals surface area contributed by atoms with E-state index in [0.29, 0.717) is 6.61 Å². The zero-order chi connectivity index (χ0) is 17.8. The second-order valence-electron chi connectivity index (χ2n) is 6.06. The van der Waals surface area contributed by atoms with Crippen molar-refractivity contribution in [1.82, 2.24) is 9.55 Å². The molecular formula is C22H20N2O2. The van der Waals surface area contributed by atoms with E-state index in [9.17, 15) is 0 Å². The number of hydrogen-bond donors (Lipinski definition) is 0. The van der Waals surface area contributed by atoms with Gasteiger partial charge in [-0.15, -0.1) is 0 Å². The molecule has 0 radical (unpaired) electrons. The van der Waals surface area contributed by atoms with Crippen molar-refractivity contribution in [2.45, 2.75) is 13.2 Å². The highest BCUT2D eigenvalue weighted by atomic mass is 16.5. The fourth-order valence-electron chi connectivity index (χ4n) is 3.02. The van der Waals surface area contributed by atoms with E-state index >= 15 is 0 Å². The Hall–Kier alpha value is -3.27. The van der Waals surface area contributed by atoms with Gasteiger partial charge in [0.15, 0.2) is 0 Å². The summed E-state index contributed by atoms with van der Waals surface area (Å²) in [7, 11) is 1.65. The van der Waals surface area contributed by atoms with Crippen LogP contribution in [0.1, 0.15) is 11.4 Å². The van der Waals surface area contributed by atoms with Crippen molar-refractivity contribution < 1.29 is 9.47 Å². The maximum Gasteiger partial charge on any atom is 0.148 e. The molecule has 0 atom stereocenters. The molecule has 4 aromatic rings. The first-order valence-corrected chi connectivity index (χ1v) is 8.58. The summed E-state index contributed by atoms with van der Waals surface area (Å²) >= 11 is 0. The van der Waals surface area contributed by atoms with Crippen LogP contribution in [0.4, 0.5) is 0 Å². The van der Waals surface area contributed by atoms with E-state index in [0.717, 1.165) is 34.9 Å². The molecule has 0 spiro atoms. The average Bonchev–Trinajstić information content (AvgIpc) is 3.05. The molecule has 3 aromatic carbocycles. The van der Waals surface area contributed by atoms with Gasteiger partial charge in [0, 0.05) is 12.6 Å². The van der Waals surface area contributed by atoms with Gasteiger partial charge in [0.05, 0.1) is 18.1 Å². The van der Waals surface area contributed by atoms with E-state index in [1.54, 1.807) is 7.11 Å². The summed E-state index contributed by atoms with van der Waals surface area (Å²) in [6.45, 7) is 1.16. The Labute approximate surface area is 152 Å². The van der Waals surface area contributed by atoms with Gasteiger partial charge < -0.3 is 14.0 Å². The molecule has 0 saturated carbocycles. The number of rotatable bonds is 6. The molecule has 0 aliphatic carbocycles. The van der Waals surface area contributed by atoms with Crippen LogP contribution in [0.2, 0.25) is 0 Å². The third-order valence-corrected chi connectivity index (χ3v) is 4.33. The van der Waals surface area contributed by atoms with Gasteiger partial charge in [-0.1, -0.05) is 48.5 Å². The second kappa shape index (κ2) is 7.31. The summed E-state index contributed by atoms with van der Waals surface area (Å²) in [4.78, 5) is 4.77. The molecule has 0 N–H and O–H groups in total. The number of benzene rings is 3. The quantitative estimate of drug-likeness (QED) is 0.510. The Bertz CT molecular complexity index is 1010. The lowest BCUT2D eigenvalue weighted by Gasteiger charge is -2.11. The summed E-state index contributed by atoms with van der Waals surface area (Å²) in [6, 6.07) is 26.2. The van der Waals surface area contributed by atoms with Crippen LogP contribution in [-0.2, 0) is 13.2 Å². The molecule has 0 amide bonds. The smallest absolute Gasteiger partial charge is 0.148 e. The first kappa shape index (κ1) is 16.2. The highest BCUT2D eigenvalue weighted by Gasteiger charge is 2.11. The van der Waals surface area contributed by atoms with E-state index in [-0.39, 0.29) is 0 Å². The molecular weight excluding hydrogens is 324 g/mol. The number of hydrogen-bond acceptors (Lipinski definition) is 3. The minimum absolute atomic E-state index is 0.398. The Morgan fingerprint density at radius 3 is 2.46 bits per heavy atom. The normalized spacial score (nSPS) is 10.8. The summed E-state index contributed by atoms with van der Waals surface area (Å²) in [6.07, 6.45) is 0. The van der Waals surface area contributed by atoms with Crippen LogP contribution >= 0.6 is 0 Å². The van der Waals surface area contributed by atoms with Crippen molar-refractivity contribution in [3.63, 3.8) is 0 Å². The molecule has 0 aliphatic rings. The molecule has 4 rings (SSSR count). The van der Waals surface area contributed by atoms with Crippen LogP contribution in [0, 0.1) is 0 Å². The van der Waals surface area contributed by atoms with Gasteiger partial charge in [-0.25, -0.2) is 4.98 Å². The maximum atomic E-state index is 5.98. The fourth-order valence-corrected chi connectivity index (χ4v) is 3.02. The molecule has 1 heterocycles. The van der Waals surface area contributed by atoms with Crippen molar-refractivity contribution in [2.24, 2.45) is 0 Å². The predicted octanol–water partition coefficient (Wildman–Crippen LogP) is 4.67. The molecule has 0 fully saturated rings. The lowest BCUT2D eigenvalue weighted by atomic mass is 10.2. The Morgan fingerprint density at radius 2 is 1.62 bits per heavy atom. The molecule has 0 bridgehead atoms. The van der Waals surface area contributed by atoms with Crippen LogP contribution in [0.25, 0.3) is 11.0 Å². The summed E-state index contributed by atoms with van der Waals surface area (Å²) in [5.41, 5.74) is 3.33. The molecule has 0 aliphatic heterocycles. The third-order valence-electron chi connectivity index (χ3n) is 4.33. The van der Waals surface area contributed by atoms with Gasteiger partial charge in [-0.2, -0.15) is 0 Å². The molecule has 0 unspecified atom stereocenters. The van der Waals surface area contributed by atoms with Crippen LogP contribution < -0.4 is 9.47 Å². The molecule has 4 nitrogen and oxygen atoms in total. The van der Waals surface area contributed by atoms with Crippen LogP contribution in [-0.4, -0.2) is 16.7 Å². The highest BCUT2D eigenvalue weighted by Crippen LogP contribution is 2.22. The lowest BCUT2D eigenvalue weighted by molar-refractivity contribution is 0.289. The SMILES string of the molecule is COc1cccc(OCc2nc3ccccc3n2Cc2ccccc2)c1. The molecule has 4 heteroatoms. The van der Waals surface area contributed by atoms with E-state index in [1.165, 1.54) is 5.56 Å². The molecule has 26 heavy (non-hydrogen) atoms. The molecule has 130 valence electrons. The third kappa shape index (κ3) is 3.40. The number of imidazole rings is 1. The first-order valence-electron chi connectivity index (χ1n) is 8.58. The van der Waals surface area contributed by atoms with Gasteiger partial charge in [-0.3, -0.25) is 0 Å². The van der Waals surface area contributed by atoms with Gasteiger partial charge in [-0.05, 0) is 29.8 Å². The van der Waals surface area contributed by atoms with Crippen LogP contribution in [0.15, 0.2) is 78.9 Å². The number of fused-ring (bicyclic) bond motifs is 1. The van der Waals surface area contributed by atoms with E-state index < -0.39 is 0 Å². The zero-order valence-corrected chi connectivity index (χ0v) is 14.6. The van der Waals surface area contributed by atoms with Crippen molar-refractivity contribution >= 4 is 11.0 Å². The van der Waals surface area contributed by atoms with Gasteiger partial charge in [0.25, 0.3) is 0 Å². The van der Waals surface area contributed by atoms with Crippen molar-refractivity contribution in [3.05, 3.63) is 90.3 Å². The minimum atomic E-state index is 0.398. The zero-order valence-electron chi connectivity index (χ0n) is 14.6. The van der Waals surface area contributed by atoms with E-state index in [1.807, 2.05) is 48.5 Å². The monoisotopic (exact) mass is 344 g/mol. The Kier molecular flexibility index (Phi) is 4.56. The maximum absolute atomic E-state index is 5.98. The first-order chi connectivity index (χ1) is 12.8. The number of ether oxygens (including phenoxy) is 2. The Morgan fingerprint density at radius 1 is 0.846 bits per heavy atom.